The number of hydrogen-bond donors (Lipinski definition) is 0. The van der Waals surface area contributed by atoms with Crippen LogP contribution in [-0.2, 0) is 17.8 Å². The Kier molecular flexibility index (Phi) is 6.51. The van der Waals surface area contributed by atoms with Gasteiger partial charge in [-0.25, -0.2) is 4.79 Å². The molecule has 3 aromatic rings. The van der Waals surface area contributed by atoms with Crippen LogP contribution in [0.25, 0.3) is 11.5 Å². The number of esters is 1. The van der Waals surface area contributed by atoms with Gasteiger partial charge in [0.15, 0.2) is 5.82 Å². The molecule has 4 rings (SSSR count). The fourth-order valence-electron chi connectivity index (χ4n) is 3.76. The van der Waals surface area contributed by atoms with Gasteiger partial charge in [0.05, 0.1) is 19.2 Å². The number of carbonyl (C=O) groups is 1. The van der Waals surface area contributed by atoms with Crippen molar-refractivity contribution in [3.05, 3.63) is 71.5 Å². The number of hydrogen-bond acceptors (Lipinski definition) is 7. The van der Waals surface area contributed by atoms with Crippen molar-refractivity contribution >= 4 is 5.97 Å². The fourth-order valence-corrected chi connectivity index (χ4v) is 3.76. The van der Waals surface area contributed by atoms with Crippen molar-refractivity contribution in [1.29, 1.82) is 0 Å². The molecule has 0 atom stereocenters. The molecule has 1 saturated heterocycles. The minimum Gasteiger partial charge on any atom is -0.465 e. The van der Waals surface area contributed by atoms with Crippen molar-refractivity contribution in [3.8, 4) is 11.5 Å². The Hall–Kier alpha value is -3.03. The van der Waals surface area contributed by atoms with Crippen molar-refractivity contribution in [2.45, 2.75) is 19.5 Å². The second kappa shape index (κ2) is 9.65. The van der Waals surface area contributed by atoms with Crippen LogP contribution < -0.4 is 0 Å². The van der Waals surface area contributed by atoms with E-state index in [4.69, 9.17) is 9.26 Å². The third-order valence-corrected chi connectivity index (χ3v) is 5.35. The van der Waals surface area contributed by atoms with E-state index in [1.54, 1.807) is 0 Å². The van der Waals surface area contributed by atoms with Crippen LogP contribution in [0.2, 0.25) is 0 Å². The van der Waals surface area contributed by atoms with Crippen molar-refractivity contribution in [2.75, 3.05) is 33.3 Å². The van der Waals surface area contributed by atoms with E-state index >= 15 is 0 Å². The Bertz CT molecular complexity index is 973. The first-order valence-electron chi connectivity index (χ1n) is 10.2. The second-order valence-corrected chi connectivity index (χ2v) is 7.44. The minimum absolute atomic E-state index is 0.284. The van der Waals surface area contributed by atoms with Gasteiger partial charge < -0.3 is 9.26 Å². The number of carbonyl (C=O) groups excluding carboxylic acids is 1. The summed E-state index contributed by atoms with van der Waals surface area (Å²) < 4.78 is 10.3. The lowest BCUT2D eigenvalue weighted by atomic mass is 10.1. The summed E-state index contributed by atoms with van der Waals surface area (Å²) in [6, 6.07) is 17.5. The van der Waals surface area contributed by atoms with E-state index < -0.39 is 0 Å². The van der Waals surface area contributed by atoms with Gasteiger partial charge in [0.25, 0.3) is 5.89 Å². The Morgan fingerprint density at radius 3 is 2.43 bits per heavy atom. The lowest BCUT2D eigenvalue weighted by Gasteiger charge is -2.22. The van der Waals surface area contributed by atoms with Gasteiger partial charge in [-0.2, -0.15) is 4.98 Å². The molecule has 0 bridgehead atoms. The van der Waals surface area contributed by atoms with Gasteiger partial charge >= 0.3 is 5.97 Å². The topological polar surface area (TPSA) is 71.7 Å². The standard InChI is InChI=1S/C23H26N4O3/c1-29-23(28)20-11-6-5-10-19(20)16-26-12-7-13-27(15-14-26)17-21-24-22(30-25-21)18-8-3-2-4-9-18/h2-6,8-11H,7,12-17H2,1H3. The van der Waals surface area contributed by atoms with E-state index in [9.17, 15) is 4.79 Å². The number of methoxy groups -OCH3 is 1. The molecule has 0 N–H and O–H groups in total. The van der Waals surface area contributed by atoms with Crippen LogP contribution in [0, 0.1) is 0 Å². The summed E-state index contributed by atoms with van der Waals surface area (Å²) in [5, 5.41) is 4.15. The predicted octanol–water partition coefficient (Wildman–Crippen LogP) is 3.23. The molecule has 1 aliphatic heterocycles. The molecule has 0 unspecified atom stereocenters. The summed E-state index contributed by atoms with van der Waals surface area (Å²) >= 11 is 0. The zero-order valence-electron chi connectivity index (χ0n) is 17.2. The molecule has 0 amide bonds. The van der Waals surface area contributed by atoms with Gasteiger partial charge in [-0.3, -0.25) is 9.80 Å². The van der Waals surface area contributed by atoms with Crippen molar-refractivity contribution in [1.82, 2.24) is 19.9 Å². The van der Waals surface area contributed by atoms with Gasteiger partial charge in [0.2, 0.25) is 0 Å². The molecule has 1 aromatic heterocycles. The summed E-state index contributed by atoms with van der Waals surface area (Å²) in [6.07, 6.45) is 1.05. The molecule has 0 radical (unpaired) electrons. The van der Waals surface area contributed by atoms with E-state index in [1.807, 2.05) is 54.6 Å². The second-order valence-electron chi connectivity index (χ2n) is 7.44. The van der Waals surface area contributed by atoms with Crippen LogP contribution in [0.5, 0.6) is 0 Å². The first kappa shape index (κ1) is 20.3. The molecule has 2 heterocycles. The highest BCUT2D eigenvalue weighted by Crippen LogP contribution is 2.18. The molecular weight excluding hydrogens is 380 g/mol. The minimum atomic E-state index is -0.284. The van der Waals surface area contributed by atoms with Crippen molar-refractivity contribution in [3.63, 3.8) is 0 Å². The smallest absolute Gasteiger partial charge is 0.338 e. The average molecular weight is 406 g/mol. The Morgan fingerprint density at radius 2 is 1.67 bits per heavy atom. The van der Waals surface area contributed by atoms with E-state index in [2.05, 4.69) is 19.9 Å². The highest BCUT2D eigenvalue weighted by atomic mass is 16.5. The fraction of sp³-hybridized carbons (Fsp3) is 0.348. The molecular formula is C23H26N4O3. The summed E-state index contributed by atoms with van der Waals surface area (Å²) in [5.74, 6) is 0.980. The maximum Gasteiger partial charge on any atom is 0.338 e. The average Bonchev–Trinajstić information content (AvgIpc) is 3.15. The van der Waals surface area contributed by atoms with Gasteiger partial charge in [-0.05, 0) is 43.3 Å². The van der Waals surface area contributed by atoms with E-state index in [1.165, 1.54) is 7.11 Å². The zero-order chi connectivity index (χ0) is 20.8. The van der Waals surface area contributed by atoms with Crippen LogP contribution in [0.4, 0.5) is 0 Å². The van der Waals surface area contributed by atoms with Crippen LogP contribution >= 0.6 is 0 Å². The van der Waals surface area contributed by atoms with Crippen LogP contribution in [0.1, 0.15) is 28.2 Å². The summed E-state index contributed by atoms with van der Waals surface area (Å²) in [6.45, 7) is 5.19. The molecule has 1 aliphatic rings. The molecule has 0 spiro atoms. The maximum atomic E-state index is 12.0. The first-order chi connectivity index (χ1) is 14.7. The third kappa shape index (κ3) is 4.93. The largest absolute Gasteiger partial charge is 0.465 e. The Morgan fingerprint density at radius 1 is 0.967 bits per heavy atom. The summed E-state index contributed by atoms with van der Waals surface area (Å²) in [5.41, 5.74) is 2.58. The molecule has 7 heteroatoms. The lowest BCUT2D eigenvalue weighted by Crippen LogP contribution is -2.31. The number of benzene rings is 2. The zero-order valence-corrected chi connectivity index (χ0v) is 17.2. The molecule has 0 aliphatic carbocycles. The predicted molar refractivity (Wildman–Crippen MR) is 113 cm³/mol. The van der Waals surface area contributed by atoms with Crippen molar-refractivity contribution in [2.24, 2.45) is 0 Å². The monoisotopic (exact) mass is 406 g/mol. The van der Waals surface area contributed by atoms with Crippen LogP contribution in [0.15, 0.2) is 59.1 Å². The lowest BCUT2D eigenvalue weighted by molar-refractivity contribution is 0.0598. The molecule has 0 saturated carbocycles. The van der Waals surface area contributed by atoms with Gasteiger partial charge in [0.1, 0.15) is 0 Å². The maximum absolute atomic E-state index is 12.0. The number of nitrogens with zero attached hydrogens (tertiary/aromatic N) is 4. The first-order valence-corrected chi connectivity index (χ1v) is 10.2. The van der Waals surface area contributed by atoms with E-state index in [0.717, 1.165) is 50.3 Å². The molecule has 156 valence electrons. The highest BCUT2D eigenvalue weighted by molar-refractivity contribution is 5.90. The van der Waals surface area contributed by atoms with Crippen LogP contribution in [0.3, 0.4) is 0 Å². The normalized spacial score (nSPS) is 15.6. The number of aromatic nitrogens is 2. The molecule has 7 nitrogen and oxygen atoms in total. The van der Waals surface area contributed by atoms with Crippen molar-refractivity contribution < 1.29 is 14.1 Å². The van der Waals surface area contributed by atoms with Gasteiger partial charge in [-0.15, -0.1) is 0 Å². The van der Waals surface area contributed by atoms with E-state index in [0.29, 0.717) is 23.8 Å². The third-order valence-electron chi connectivity index (χ3n) is 5.35. The Labute approximate surface area is 176 Å². The molecule has 30 heavy (non-hydrogen) atoms. The number of ether oxygens (including phenoxy) is 1. The SMILES string of the molecule is COC(=O)c1ccccc1CN1CCCN(Cc2noc(-c3ccccc3)n2)CC1. The van der Waals surface area contributed by atoms with Crippen LogP contribution in [-0.4, -0.2) is 59.2 Å². The van der Waals surface area contributed by atoms with Gasteiger partial charge in [0, 0.05) is 25.2 Å². The highest BCUT2D eigenvalue weighted by Gasteiger charge is 2.19. The molecule has 2 aromatic carbocycles. The summed E-state index contributed by atoms with van der Waals surface area (Å²) in [4.78, 5) is 21.3. The molecule has 1 fully saturated rings. The van der Waals surface area contributed by atoms with Gasteiger partial charge in [-0.1, -0.05) is 41.6 Å². The Balaban J connectivity index is 1.35. The quantitative estimate of drug-likeness (QED) is 0.582. The number of rotatable bonds is 6. The summed E-state index contributed by atoms with van der Waals surface area (Å²) in [7, 11) is 1.42. The van der Waals surface area contributed by atoms with E-state index in [-0.39, 0.29) is 5.97 Å².